The molecule has 5 nitrogen and oxygen atoms in total. The molecule has 1 aromatic carbocycles. The molecular weight excluding hydrogens is 320 g/mol. The van der Waals surface area contributed by atoms with Crippen molar-refractivity contribution in [2.24, 2.45) is 0 Å². The fraction of sp³-hybridized carbons (Fsp3) is 0.444. The lowest BCUT2D eigenvalue weighted by Gasteiger charge is -2.32. The Balaban J connectivity index is 1.91. The molecule has 1 aliphatic rings. The third-order valence-corrected chi connectivity index (χ3v) is 4.69. The molecule has 1 aliphatic heterocycles. The van der Waals surface area contributed by atoms with E-state index in [9.17, 15) is 0 Å². The van der Waals surface area contributed by atoms with Gasteiger partial charge in [-0.2, -0.15) is 4.68 Å². The predicted octanol–water partition coefficient (Wildman–Crippen LogP) is 1.92. The molecule has 1 saturated heterocycles. The quantitative estimate of drug-likeness (QED) is 0.664. The summed E-state index contributed by atoms with van der Waals surface area (Å²) in [7, 11) is 0. The van der Waals surface area contributed by atoms with E-state index in [0.717, 1.165) is 35.9 Å². The van der Waals surface area contributed by atoms with Crippen LogP contribution in [0.1, 0.15) is 13.8 Å². The van der Waals surface area contributed by atoms with Crippen molar-refractivity contribution in [1.82, 2.24) is 14.3 Å². The highest BCUT2D eigenvalue weighted by molar-refractivity contribution is 7.71. The average Bonchev–Trinajstić information content (AvgIpc) is 2.85. The van der Waals surface area contributed by atoms with E-state index in [4.69, 9.17) is 22.1 Å². The average molecular weight is 345 g/mol. The zero-order valence-electron chi connectivity index (χ0n) is 14.3. The summed E-state index contributed by atoms with van der Waals surface area (Å²) in [5.74, 6) is 0.897. The molecule has 6 heteroatoms. The maximum atomic E-state index is 5.83. The molecule has 0 saturated carbocycles. The van der Waals surface area contributed by atoms with E-state index < -0.39 is 0 Å². The van der Waals surface area contributed by atoms with Gasteiger partial charge in [-0.15, -0.1) is 11.7 Å². The van der Waals surface area contributed by atoms with Crippen molar-refractivity contribution in [2.45, 2.75) is 39.3 Å². The van der Waals surface area contributed by atoms with E-state index in [0.29, 0.717) is 6.54 Å². The second kappa shape index (κ2) is 7.42. The molecule has 0 amide bonds. The van der Waals surface area contributed by atoms with E-state index in [1.165, 1.54) is 4.90 Å². The second-order valence-corrected chi connectivity index (χ2v) is 6.81. The van der Waals surface area contributed by atoms with Gasteiger partial charge in [-0.1, -0.05) is 36.4 Å². The minimum Gasteiger partial charge on any atom is -0.364 e. The molecule has 0 unspecified atom stereocenters. The molecule has 1 N–H and O–H groups in total. The lowest BCUT2D eigenvalue weighted by molar-refractivity contribution is -0.937. The van der Waals surface area contributed by atoms with Gasteiger partial charge in [0, 0.05) is 12.1 Å². The number of rotatable bonds is 5. The molecule has 24 heavy (non-hydrogen) atoms. The zero-order chi connectivity index (χ0) is 17.1. The Kier molecular flexibility index (Phi) is 5.28. The SMILES string of the molecule is C=CCn1c(-c2ccccc2)nn(C[NH+]2C[C@H](C)O[C@@H](C)C2)c1=S. The van der Waals surface area contributed by atoms with Crippen LogP contribution in [-0.4, -0.2) is 39.6 Å². The lowest BCUT2D eigenvalue weighted by Crippen LogP contribution is -3.14. The minimum absolute atomic E-state index is 0.266. The Bertz CT molecular complexity index is 742. The van der Waals surface area contributed by atoms with Gasteiger partial charge in [-0.3, -0.25) is 4.57 Å². The van der Waals surface area contributed by atoms with Crippen LogP contribution in [0, 0.1) is 4.77 Å². The van der Waals surface area contributed by atoms with Crippen LogP contribution < -0.4 is 4.90 Å². The van der Waals surface area contributed by atoms with Gasteiger partial charge in [-0.25, -0.2) is 0 Å². The number of morpholine rings is 1. The third kappa shape index (κ3) is 3.66. The molecule has 1 aromatic heterocycles. The fourth-order valence-corrected chi connectivity index (χ4v) is 3.63. The van der Waals surface area contributed by atoms with Gasteiger partial charge < -0.3 is 9.64 Å². The molecule has 2 heterocycles. The standard InChI is InChI=1S/C18H24N4OS/c1-4-10-21-17(16-8-6-5-7-9-16)19-22(18(21)24)13-20-11-14(2)23-15(3)12-20/h4-9,14-15H,1,10-13H2,2-3H3/p+1/t14-,15-/m0/s1. The smallest absolute Gasteiger partial charge is 0.203 e. The van der Waals surface area contributed by atoms with Gasteiger partial charge in [0.15, 0.2) is 12.5 Å². The van der Waals surface area contributed by atoms with Gasteiger partial charge in [0.2, 0.25) is 4.77 Å². The first-order valence-corrected chi connectivity index (χ1v) is 8.82. The zero-order valence-corrected chi connectivity index (χ0v) is 15.1. The van der Waals surface area contributed by atoms with E-state index in [1.807, 2.05) is 33.5 Å². The van der Waals surface area contributed by atoms with Crippen molar-refractivity contribution in [1.29, 1.82) is 0 Å². The van der Waals surface area contributed by atoms with Gasteiger partial charge in [0.25, 0.3) is 0 Å². The summed E-state index contributed by atoms with van der Waals surface area (Å²) in [5.41, 5.74) is 1.07. The van der Waals surface area contributed by atoms with Crippen LogP contribution >= 0.6 is 12.2 Å². The van der Waals surface area contributed by atoms with Crippen molar-refractivity contribution >= 4 is 12.2 Å². The van der Waals surface area contributed by atoms with Crippen LogP contribution in [0.3, 0.4) is 0 Å². The Morgan fingerprint density at radius 1 is 1.29 bits per heavy atom. The van der Waals surface area contributed by atoms with E-state index in [-0.39, 0.29) is 12.2 Å². The molecule has 3 rings (SSSR count). The van der Waals surface area contributed by atoms with E-state index in [1.54, 1.807) is 0 Å². The number of ether oxygens (including phenoxy) is 1. The first-order valence-electron chi connectivity index (χ1n) is 8.41. The maximum Gasteiger partial charge on any atom is 0.203 e. The van der Waals surface area contributed by atoms with Crippen molar-refractivity contribution in [3.05, 3.63) is 47.8 Å². The first-order chi connectivity index (χ1) is 11.6. The van der Waals surface area contributed by atoms with Crippen molar-refractivity contribution in [2.75, 3.05) is 13.1 Å². The number of quaternary nitrogens is 1. The molecule has 2 aromatic rings. The first kappa shape index (κ1) is 17.1. The van der Waals surface area contributed by atoms with E-state index >= 15 is 0 Å². The van der Waals surface area contributed by atoms with Crippen LogP contribution in [-0.2, 0) is 18.0 Å². The van der Waals surface area contributed by atoms with Crippen LogP contribution in [0.15, 0.2) is 43.0 Å². The number of hydrogen-bond donors (Lipinski definition) is 1. The second-order valence-electron chi connectivity index (χ2n) is 6.44. The molecule has 128 valence electrons. The normalized spacial score (nSPS) is 24.0. The molecular formula is C18H25N4OS+. The van der Waals surface area contributed by atoms with Crippen LogP contribution in [0.4, 0.5) is 0 Å². The summed E-state index contributed by atoms with van der Waals surface area (Å²) in [6.07, 6.45) is 2.39. The van der Waals surface area contributed by atoms with Gasteiger partial charge >= 0.3 is 0 Å². The lowest BCUT2D eigenvalue weighted by atomic mass is 10.2. The fourth-order valence-electron chi connectivity index (χ4n) is 3.37. The molecule has 2 atom stereocenters. The third-order valence-electron chi connectivity index (χ3n) is 4.26. The Hall–Kier alpha value is -1.76. The number of benzene rings is 1. The summed E-state index contributed by atoms with van der Waals surface area (Å²) in [6, 6.07) is 10.2. The maximum absolute atomic E-state index is 5.83. The Labute approximate surface area is 148 Å². The van der Waals surface area contributed by atoms with Gasteiger partial charge in [0.1, 0.15) is 25.3 Å². The monoisotopic (exact) mass is 345 g/mol. The summed E-state index contributed by atoms with van der Waals surface area (Å²) in [5, 5.41) is 4.81. The topological polar surface area (TPSA) is 36.4 Å². The highest BCUT2D eigenvalue weighted by atomic mass is 32.1. The van der Waals surface area contributed by atoms with Gasteiger partial charge in [0.05, 0.1) is 0 Å². The highest BCUT2D eigenvalue weighted by Crippen LogP contribution is 2.17. The number of allylic oxidation sites excluding steroid dienone is 1. The van der Waals surface area contributed by atoms with Gasteiger partial charge in [-0.05, 0) is 26.1 Å². The van der Waals surface area contributed by atoms with Crippen molar-refractivity contribution in [3.63, 3.8) is 0 Å². The molecule has 0 radical (unpaired) electrons. The molecule has 1 fully saturated rings. The van der Waals surface area contributed by atoms with Crippen LogP contribution in [0.25, 0.3) is 11.4 Å². The Morgan fingerprint density at radius 3 is 2.58 bits per heavy atom. The van der Waals surface area contributed by atoms with Crippen LogP contribution in [0.5, 0.6) is 0 Å². The van der Waals surface area contributed by atoms with Crippen LogP contribution in [0.2, 0.25) is 0 Å². The highest BCUT2D eigenvalue weighted by Gasteiger charge is 2.26. The number of nitrogens with one attached hydrogen (secondary N) is 1. The number of nitrogens with zero attached hydrogens (tertiary/aromatic N) is 3. The number of aromatic nitrogens is 3. The predicted molar refractivity (Wildman–Crippen MR) is 97.4 cm³/mol. The summed E-state index contributed by atoms with van der Waals surface area (Å²) in [4.78, 5) is 1.44. The minimum atomic E-state index is 0.266. The Morgan fingerprint density at radius 2 is 1.96 bits per heavy atom. The van der Waals surface area contributed by atoms with Crippen molar-refractivity contribution < 1.29 is 9.64 Å². The molecule has 0 aliphatic carbocycles. The molecule has 0 bridgehead atoms. The summed E-state index contributed by atoms with van der Waals surface area (Å²) in [6.45, 7) is 11.5. The molecule has 0 spiro atoms. The van der Waals surface area contributed by atoms with Crippen molar-refractivity contribution in [3.8, 4) is 11.4 Å². The summed E-state index contributed by atoms with van der Waals surface area (Å²) < 4.78 is 10.6. The largest absolute Gasteiger partial charge is 0.364 e. The summed E-state index contributed by atoms with van der Waals surface area (Å²) >= 11 is 5.68. The number of hydrogen-bond acceptors (Lipinski definition) is 3. The van der Waals surface area contributed by atoms with E-state index in [2.05, 4.69) is 32.6 Å².